The van der Waals surface area contributed by atoms with Crippen LogP contribution in [-0.4, -0.2) is 17.1 Å². The molecule has 27 heavy (non-hydrogen) atoms. The minimum atomic E-state index is -0.610. The molecule has 2 aromatic heterocycles. The van der Waals surface area contributed by atoms with Gasteiger partial charge in [0, 0.05) is 11.6 Å². The number of anilines is 3. The molecule has 0 aliphatic rings. The molecule has 0 bridgehead atoms. The van der Waals surface area contributed by atoms with Gasteiger partial charge in [-0.1, -0.05) is 26.8 Å². The van der Waals surface area contributed by atoms with Crippen LogP contribution in [0.4, 0.5) is 17.1 Å². The second-order valence-electron chi connectivity index (χ2n) is 7.17. The summed E-state index contributed by atoms with van der Waals surface area (Å²) in [6.45, 7) is 5.79. The van der Waals surface area contributed by atoms with E-state index in [-0.39, 0.29) is 17.3 Å². The Bertz CT molecular complexity index is 1000. The van der Waals surface area contributed by atoms with Crippen molar-refractivity contribution in [2.45, 2.75) is 26.9 Å². The maximum absolute atomic E-state index is 12.4. The van der Waals surface area contributed by atoms with Crippen LogP contribution in [0.25, 0.3) is 0 Å². The van der Waals surface area contributed by atoms with Crippen molar-refractivity contribution in [3.8, 4) is 0 Å². The van der Waals surface area contributed by atoms with Crippen LogP contribution in [0, 0.1) is 5.41 Å². The number of rotatable bonds is 6. The van der Waals surface area contributed by atoms with Crippen molar-refractivity contribution < 1.29 is 4.79 Å². The number of hydrogen-bond donors (Lipinski definition) is 3. The molecule has 8 heteroatoms. The van der Waals surface area contributed by atoms with Gasteiger partial charge in [0.15, 0.2) is 0 Å². The molecule has 0 aliphatic heterocycles. The number of pyridine rings is 1. The third-order valence-electron chi connectivity index (χ3n) is 4.02. The molecule has 0 aliphatic carbocycles. The maximum atomic E-state index is 12.4. The number of carbonyl (C=O) groups is 1. The first-order valence-corrected chi connectivity index (χ1v) is 9.26. The van der Waals surface area contributed by atoms with Crippen LogP contribution in [0.5, 0.6) is 0 Å². The zero-order chi connectivity index (χ0) is 19.6. The van der Waals surface area contributed by atoms with E-state index in [9.17, 15) is 14.4 Å². The number of hydrogen-bond acceptors (Lipinski definition) is 7. The summed E-state index contributed by atoms with van der Waals surface area (Å²) >= 11 is 1.33. The molecule has 0 saturated carbocycles. The zero-order valence-electron chi connectivity index (χ0n) is 15.2. The highest BCUT2D eigenvalue weighted by Crippen LogP contribution is 2.26. The Kier molecular flexibility index (Phi) is 5.09. The van der Waals surface area contributed by atoms with Crippen LogP contribution >= 0.6 is 11.3 Å². The number of aromatic nitrogens is 1. The van der Waals surface area contributed by atoms with Gasteiger partial charge in [-0.15, -0.1) is 11.3 Å². The van der Waals surface area contributed by atoms with Crippen molar-refractivity contribution in [3.63, 3.8) is 0 Å². The maximum Gasteiger partial charge on any atom is 0.262 e. The Balaban J connectivity index is 1.82. The lowest BCUT2D eigenvalue weighted by Gasteiger charge is -2.33. The fourth-order valence-corrected chi connectivity index (χ4v) is 3.08. The molecule has 1 amide bonds. The van der Waals surface area contributed by atoms with E-state index in [1.807, 2.05) is 26.2 Å². The molecule has 1 unspecified atom stereocenters. The lowest BCUT2D eigenvalue weighted by Crippen LogP contribution is -2.51. The lowest BCUT2D eigenvalue weighted by atomic mass is 9.91. The van der Waals surface area contributed by atoms with Crippen molar-refractivity contribution >= 4 is 34.3 Å². The van der Waals surface area contributed by atoms with Crippen molar-refractivity contribution in [1.82, 2.24) is 10.3 Å². The lowest BCUT2D eigenvalue weighted by molar-refractivity contribution is 0.0917. The molecular weight excluding hydrogens is 364 g/mol. The Morgan fingerprint density at radius 1 is 1.11 bits per heavy atom. The van der Waals surface area contributed by atoms with Gasteiger partial charge in [-0.2, -0.15) is 0 Å². The molecule has 7 nitrogen and oxygen atoms in total. The molecule has 3 N–H and O–H groups in total. The van der Waals surface area contributed by atoms with E-state index in [0.29, 0.717) is 10.6 Å². The van der Waals surface area contributed by atoms with Crippen LogP contribution in [0.15, 0.2) is 51.6 Å². The van der Waals surface area contributed by atoms with E-state index in [0.717, 1.165) is 0 Å². The van der Waals surface area contributed by atoms with Crippen LogP contribution in [0.2, 0.25) is 0 Å². The summed E-state index contributed by atoms with van der Waals surface area (Å²) in [4.78, 5) is 41.1. The van der Waals surface area contributed by atoms with Crippen molar-refractivity contribution in [2.24, 2.45) is 5.41 Å². The minimum absolute atomic E-state index is 0.162. The predicted molar refractivity (Wildman–Crippen MR) is 108 cm³/mol. The smallest absolute Gasteiger partial charge is 0.262 e. The van der Waals surface area contributed by atoms with Gasteiger partial charge >= 0.3 is 0 Å². The van der Waals surface area contributed by atoms with Crippen LogP contribution in [0.3, 0.4) is 0 Å². The van der Waals surface area contributed by atoms with E-state index in [1.54, 1.807) is 36.7 Å². The summed E-state index contributed by atoms with van der Waals surface area (Å²) in [5.74, 6) is -0.238. The van der Waals surface area contributed by atoms with Crippen molar-refractivity contribution in [3.05, 3.63) is 67.4 Å². The first kappa shape index (κ1) is 18.8. The normalized spacial score (nSPS) is 12.6. The summed E-state index contributed by atoms with van der Waals surface area (Å²) in [7, 11) is 0. The highest BCUT2D eigenvalue weighted by molar-refractivity contribution is 7.12. The van der Waals surface area contributed by atoms with E-state index in [4.69, 9.17) is 0 Å². The summed E-state index contributed by atoms with van der Waals surface area (Å²) in [6, 6.07) is 6.99. The molecule has 3 aromatic rings. The summed E-state index contributed by atoms with van der Waals surface area (Å²) in [6.07, 6.45) is 2.62. The standard InChI is InChI=1S/C19H20N4O3S/c1-19(2,3)18(23-17(26)12-7-5-9-27-12)22-14-13(15(24)16(14)25)21-11-6-4-8-20-10-11/h4-10,18,21-22H,1-3H3,(H,23,26). The second kappa shape index (κ2) is 7.32. The number of nitrogens with one attached hydrogen (secondary N) is 3. The van der Waals surface area contributed by atoms with Crippen LogP contribution < -0.4 is 26.8 Å². The van der Waals surface area contributed by atoms with Crippen LogP contribution in [0.1, 0.15) is 30.4 Å². The minimum Gasteiger partial charge on any atom is -0.360 e. The fraction of sp³-hybridized carbons (Fsp3) is 0.263. The summed E-state index contributed by atoms with van der Waals surface area (Å²) in [5, 5.41) is 10.7. The number of nitrogens with zero attached hydrogens (tertiary/aromatic N) is 1. The number of carbonyl (C=O) groups excluding carboxylic acids is 1. The average Bonchev–Trinajstić information content (AvgIpc) is 3.18. The van der Waals surface area contributed by atoms with E-state index in [2.05, 4.69) is 20.9 Å². The summed E-state index contributed by atoms with van der Waals surface area (Å²) < 4.78 is 0. The second-order valence-corrected chi connectivity index (χ2v) is 8.12. The fourth-order valence-electron chi connectivity index (χ4n) is 2.45. The largest absolute Gasteiger partial charge is 0.360 e. The predicted octanol–water partition coefficient (Wildman–Crippen LogP) is 2.70. The Morgan fingerprint density at radius 2 is 1.85 bits per heavy atom. The average molecular weight is 384 g/mol. The Labute approximate surface area is 160 Å². The van der Waals surface area contributed by atoms with Gasteiger partial charge < -0.3 is 16.0 Å². The molecule has 0 radical (unpaired) electrons. The zero-order valence-corrected chi connectivity index (χ0v) is 16.0. The first-order chi connectivity index (χ1) is 12.8. The molecular formula is C19H20N4O3S. The molecule has 1 aromatic carbocycles. The van der Waals surface area contributed by atoms with Crippen molar-refractivity contribution in [2.75, 3.05) is 10.6 Å². The number of amides is 1. The highest BCUT2D eigenvalue weighted by Gasteiger charge is 2.31. The van der Waals surface area contributed by atoms with Gasteiger partial charge in [0.2, 0.25) is 0 Å². The summed E-state index contributed by atoms with van der Waals surface area (Å²) in [5.41, 5.74) is -0.678. The molecule has 0 saturated heterocycles. The van der Waals surface area contributed by atoms with Gasteiger partial charge in [-0.25, -0.2) is 0 Å². The molecule has 0 spiro atoms. The third-order valence-corrected chi connectivity index (χ3v) is 4.88. The molecule has 0 fully saturated rings. The van der Waals surface area contributed by atoms with Gasteiger partial charge in [0.05, 0.1) is 16.8 Å². The van der Waals surface area contributed by atoms with Crippen molar-refractivity contribution in [1.29, 1.82) is 0 Å². The molecule has 1 atom stereocenters. The topological polar surface area (TPSA) is 100 Å². The molecule has 2 heterocycles. The SMILES string of the molecule is CC(C)(C)C(NC(=O)c1cccs1)Nc1c(Nc2cccnc2)c(=O)c1=O. The van der Waals surface area contributed by atoms with Gasteiger partial charge in [0.25, 0.3) is 16.8 Å². The van der Waals surface area contributed by atoms with Gasteiger partial charge in [0.1, 0.15) is 17.5 Å². The Morgan fingerprint density at radius 3 is 2.44 bits per heavy atom. The number of thiophene rings is 1. The molecule has 140 valence electrons. The van der Waals surface area contributed by atoms with E-state index >= 15 is 0 Å². The van der Waals surface area contributed by atoms with E-state index in [1.165, 1.54) is 11.3 Å². The third kappa shape index (κ3) is 4.06. The van der Waals surface area contributed by atoms with Gasteiger partial charge in [-0.3, -0.25) is 19.4 Å². The van der Waals surface area contributed by atoms with Crippen LogP contribution in [-0.2, 0) is 0 Å². The monoisotopic (exact) mass is 384 g/mol. The van der Waals surface area contributed by atoms with Gasteiger partial charge in [-0.05, 0) is 23.6 Å². The quantitative estimate of drug-likeness (QED) is 0.446. The first-order valence-electron chi connectivity index (χ1n) is 8.38. The van der Waals surface area contributed by atoms with E-state index < -0.39 is 22.4 Å². The Hall–Kier alpha value is -3.00. The molecule has 3 rings (SSSR count). The highest BCUT2D eigenvalue weighted by atomic mass is 32.1.